The van der Waals surface area contributed by atoms with Gasteiger partial charge < -0.3 is 4.74 Å². The van der Waals surface area contributed by atoms with E-state index in [0.717, 1.165) is 23.1 Å². The molecule has 36 heavy (non-hydrogen) atoms. The molecule has 4 aromatic carbocycles. The Morgan fingerprint density at radius 1 is 0.611 bits per heavy atom. The summed E-state index contributed by atoms with van der Waals surface area (Å²) in [5.41, 5.74) is 2.43. The van der Waals surface area contributed by atoms with E-state index in [9.17, 15) is 8.42 Å². The number of benzene rings is 4. The third-order valence-corrected chi connectivity index (χ3v) is 8.53. The zero-order valence-electron chi connectivity index (χ0n) is 21.0. The number of rotatable bonds is 11. The Morgan fingerprint density at radius 3 is 1.42 bits per heavy atom. The van der Waals surface area contributed by atoms with Crippen molar-refractivity contribution in [1.82, 2.24) is 0 Å². The van der Waals surface area contributed by atoms with E-state index < -0.39 is 15.4 Å². The average Bonchev–Trinajstić information content (AvgIpc) is 2.91. The fraction of sp³-hybridized carbons (Fsp3) is 0.250. The monoisotopic (exact) mass is 498 g/mol. The van der Waals surface area contributed by atoms with Crippen molar-refractivity contribution in [1.29, 1.82) is 0 Å². The van der Waals surface area contributed by atoms with E-state index in [4.69, 9.17) is 4.74 Å². The lowest BCUT2D eigenvalue weighted by Gasteiger charge is -2.37. The fourth-order valence-corrected chi connectivity index (χ4v) is 6.61. The van der Waals surface area contributed by atoms with Gasteiger partial charge in [-0.05, 0) is 47.1 Å². The predicted octanol–water partition coefficient (Wildman–Crippen LogP) is 7.13. The number of hydrogen-bond donors (Lipinski definition) is 0. The Hall–Kier alpha value is -3.21. The van der Waals surface area contributed by atoms with Gasteiger partial charge in [-0.25, -0.2) is 8.42 Å². The lowest BCUT2D eigenvalue weighted by Crippen LogP contribution is -2.34. The van der Waals surface area contributed by atoms with Crippen LogP contribution >= 0.6 is 0 Å². The summed E-state index contributed by atoms with van der Waals surface area (Å²) in [6.07, 6.45) is 0.751. The first-order valence-corrected chi connectivity index (χ1v) is 14.2. The molecule has 0 aliphatic heterocycles. The van der Waals surface area contributed by atoms with Gasteiger partial charge in [0.2, 0.25) is 0 Å². The molecule has 0 amide bonds. The van der Waals surface area contributed by atoms with Gasteiger partial charge in [-0.1, -0.05) is 123 Å². The highest BCUT2D eigenvalue weighted by Crippen LogP contribution is 2.41. The Balaban J connectivity index is 1.57. The number of ether oxygens (including phenoxy) is 1. The minimum Gasteiger partial charge on any atom is -0.361 e. The van der Waals surface area contributed by atoms with Crippen molar-refractivity contribution in [2.24, 2.45) is 11.8 Å². The lowest BCUT2D eigenvalue weighted by atomic mass is 9.80. The van der Waals surface area contributed by atoms with Crippen molar-refractivity contribution in [2.75, 3.05) is 12.4 Å². The van der Waals surface area contributed by atoms with Crippen LogP contribution in [0.5, 0.6) is 0 Å². The third-order valence-electron chi connectivity index (χ3n) is 6.54. The summed E-state index contributed by atoms with van der Waals surface area (Å²) >= 11 is 0. The van der Waals surface area contributed by atoms with E-state index in [0.29, 0.717) is 11.5 Å². The largest absolute Gasteiger partial charge is 0.361 e. The summed E-state index contributed by atoms with van der Waals surface area (Å²) in [6, 6.07) is 39.7. The van der Waals surface area contributed by atoms with Gasteiger partial charge in [0.25, 0.3) is 0 Å². The van der Waals surface area contributed by atoms with Gasteiger partial charge in [-0.3, -0.25) is 0 Å². The van der Waals surface area contributed by atoms with E-state index in [1.807, 2.05) is 67.6 Å². The smallest absolute Gasteiger partial charge is 0.178 e. The van der Waals surface area contributed by atoms with Gasteiger partial charge in [0.05, 0.1) is 17.3 Å². The second-order valence-electron chi connectivity index (χ2n) is 9.63. The standard InChI is InChI=1S/C32H34O3S/c1-26(23-27(2)25-36(33,34)31-21-13-6-14-22-31)24-35-32(28-15-7-3-8-16-28,29-17-9-4-10-18-29)30-19-11-5-12-20-30/h3-22,26-27H,23-25H2,1-2H3/t26-,27+/m1/s1. The van der Waals surface area contributed by atoms with E-state index >= 15 is 0 Å². The van der Waals surface area contributed by atoms with E-state index in [-0.39, 0.29) is 17.6 Å². The molecule has 3 nitrogen and oxygen atoms in total. The maximum atomic E-state index is 12.9. The first-order valence-electron chi connectivity index (χ1n) is 12.5. The third kappa shape index (κ3) is 5.95. The molecule has 0 unspecified atom stereocenters. The van der Waals surface area contributed by atoms with Crippen molar-refractivity contribution in [3.8, 4) is 0 Å². The van der Waals surface area contributed by atoms with Gasteiger partial charge in [-0.2, -0.15) is 0 Å². The van der Waals surface area contributed by atoms with Crippen LogP contribution in [0.1, 0.15) is 37.0 Å². The topological polar surface area (TPSA) is 43.4 Å². The van der Waals surface area contributed by atoms with Crippen LogP contribution in [0.15, 0.2) is 126 Å². The molecule has 0 aromatic heterocycles. The highest BCUT2D eigenvalue weighted by Gasteiger charge is 2.38. The Morgan fingerprint density at radius 2 is 1.00 bits per heavy atom. The van der Waals surface area contributed by atoms with Crippen LogP contribution < -0.4 is 0 Å². The van der Waals surface area contributed by atoms with Crippen LogP contribution in [0.3, 0.4) is 0 Å². The molecule has 4 rings (SSSR count). The quantitative estimate of drug-likeness (QED) is 0.207. The van der Waals surface area contributed by atoms with Crippen LogP contribution in [0, 0.1) is 11.8 Å². The van der Waals surface area contributed by atoms with Crippen LogP contribution in [0.25, 0.3) is 0 Å². The van der Waals surface area contributed by atoms with Crippen LogP contribution in [-0.2, 0) is 20.2 Å². The first kappa shape index (κ1) is 25.9. The molecule has 0 fully saturated rings. The minimum atomic E-state index is -3.32. The fourth-order valence-electron chi connectivity index (χ4n) is 4.96. The highest BCUT2D eigenvalue weighted by molar-refractivity contribution is 7.91. The van der Waals surface area contributed by atoms with Gasteiger partial charge in [0, 0.05) is 0 Å². The maximum Gasteiger partial charge on any atom is 0.178 e. The normalized spacial score (nSPS) is 13.7. The van der Waals surface area contributed by atoms with Crippen molar-refractivity contribution < 1.29 is 13.2 Å². The molecular weight excluding hydrogens is 464 g/mol. The molecule has 0 spiro atoms. The van der Waals surface area contributed by atoms with Crippen LogP contribution in [0.2, 0.25) is 0 Å². The zero-order valence-corrected chi connectivity index (χ0v) is 21.8. The molecule has 0 radical (unpaired) electrons. The zero-order chi connectivity index (χ0) is 25.4. The highest BCUT2D eigenvalue weighted by atomic mass is 32.2. The summed E-state index contributed by atoms with van der Waals surface area (Å²) < 4.78 is 32.6. The molecule has 0 aliphatic rings. The Kier molecular flexibility index (Phi) is 8.40. The second kappa shape index (κ2) is 11.7. The van der Waals surface area contributed by atoms with Crippen LogP contribution in [0.4, 0.5) is 0 Å². The molecule has 0 saturated heterocycles. The van der Waals surface area contributed by atoms with Gasteiger partial charge in [0.15, 0.2) is 9.84 Å². The Bertz CT molecular complexity index is 1210. The van der Waals surface area contributed by atoms with Gasteiger partial charge in [-0.15, -0.1) is 0 Å². The molecule has 0 aliphatic carbocycles. The molecule has 0 heterocycles. The molecule has 0 N–H and O–H groups in total. The lowest BCUT2D eigenvalue weighted by molar-refractivity contribution is -0.00832. The summed E-state index contributed by atoms with van der Waals surface area (Å²) in [5.74, 6) is 0.303. The second-order valence-corrected chi connectivity index (χ2v) is 11.7. The van der Waals surface area contributed by atoms with Crippen molar-refractivity contribution in [3.63, 3.8) is 0 Å². The molecule has 4 heteroatoms. The SMILES string of the molecule is C[C@@H](COC(c1ccccc1)(c1ccccc1)c1ccccc1)C[C@H](C)CS(=O)(=O)c1ccccc1. The first-order chi connectivity index (χ1) is 17.4. The molecular formula is C32H34O3S. The summed E-state index contributed by atoms with van der Waals surface area (Å²) in [4.78, 5) is 0.386. The molecule has 4 aromatic rings. The van der Waals surface area contributed by atoms with E-state index in [2.05, 4.69) is 43.3 Å². The van der Waals surface area contributed by atoms with Crippen LogP contribution in [-0.4, -0.2) is 20.8 Å². The molecule has 0 bridgehead atoms. The Labute approximate surface area is 215 Å². The van der Waals surface area contributed by atoms with Gasteiger partial charge in [0.1, 0.15) is 5.60 Å². The van der Waals surface area contributed by atoms with Crippen molar-refractivity contribution in [3.05, 3.63) is 138 Å². The molecule has 0 saturated carbocycles. The summed E-state index contributed by atoms with van der Waals surface area (Å²) in [5, 5.41) is 0. The van der Waals surface area contributed by atoms with Gasteiger partial charge >= 0.3 is 0 Å². The number of hydrogen-bond acceptors (Lipinski definition) is 3. The minimum absolute atomic E-state index is 0.00776. The van der Waals surface area contributed by atoms with E-state index in [1.54, 1.807) is 24.3 Å². The summed E-state index contributed by atoms with van der Waals surface area (Å²) in [6.45, 7) is 4.64. The molecule has 2 atom stereocenters. The van der Waals surface area contributed by atoms with E-state index in [1.165, 1.54) is 0 Å². The maximum absolute atomic E-state index is 12.9. The average molecular weight is 499 g/mol. The number of sulfone groups is 1. The van der Waals surface area contributed by atoms with Crippen molar-refractivity contribution >= 4 is 9.84 Å². The van der Waals surface area contributed by atoms with Crippen molar-refractivity contribution in [2.45, 2.75) is 30.8 Å². The molecule has 186 valence electrons. The predicted molar refractivity (Wildman–Crippen MR) is 147 cm³/mol. The summed E-state index contributed by atoms with van der Waals surface area (Å²) in [7, 11) is -3.32.